The van der Waals surface area contributed by atoms with Crippen molar-refractivity contribution in [3.8, 4) is 5.75 Å². The van der Waals surface area contributed by atoms with E-state index in [9.17, 15) is 13.2 Å². The molecular weight excluding hydrogens is 294 g/mol. The van der Waals surface area contributed by atoms with Gasteiger partial charge in [-0.1, -0.05) is 0 Å². The average molecular weight is 313 g/mol. The molecule has 1 heterocycles. The standard InChI is InChI=1S/C14H19NO5S/c1-2-20-12-5-7-13(8-6-12)21(18,19)15-9-3-4-11(10-15)14(16)17/h5-8,11H,2-4,9-10H2,1H3,(H,16,17)/t11-/m0/s1. The number of aliphatic carboxylic acids is 1. The fourth-order valence-electron chi connectivity index (χ4n) is 2.39. The van der Waals surface area contributed by atoms with Gasteiger partial charge in [0.15, 0.2) is 0 Å². The van der Waals surface area contributed by atoms with E-state index in [-0.39, 0.29) is 11.4 Å². The number of carboxylic acid groups (broad SMARTS) is 1. The van der Waals surface area contributed by atoms with E-state index in [1.165, 1.54) is 16.4 Å². The quantitative estimate of drug-likeness (QED) is 0.892. The van der Waals surface area contributed by atoms with Crippen molar-refractivity contribution in [2.24, 2.45) is 5.92 Å². The molecule has 116 valence electrons. The molecule has 1 saturated heterocycles. The van der Waals surface area contributed by atoms with Crippen molar-refractivity contribution < 1.29 is 23.1 Å². The molecule has 21 heavy (non-hydrogen) atoms. The van der Waals surface area contributed by atoms with Gasteiger partial charge in [0, 0.05) is 13.1 Å². The molecule has 0 aliphatic carbocycles. The fraction of sp³-hybridized carbons (Fsp3) is 0.500. The number of piperidine rings is 1. The smallest absolute Gasteiger partial charge is 0.307 e. The minimum Gasteiger partial charge on any atom is -0.494 e. The van der Waals surface area contributed by atoms with Gasteiger partial charge in [-0.25, -0.2) is 8.42 Å². The minimum atomic E-state index is -3.65. The maximum atomic E-state index is 12.5. The molecule has 0 bridgehead atoms. The molecule has 0 radical (unpaired) electrons. The van der Waals surface area contributed by atoms with Crippen molar-refractivity contribution >= 4 is 16.0 Å². The largest absolute Gasteiger partial charge is 0.494 e. The summed E-state index contributed by atoms with van der Waals surface area (Å²) in [5, 5.41) is 9.05. The molecule has 0 saturated carbocycles. The molecule has 1 aliphatic heterocycles. The Bertz CT molecular complexity index is 596. The average Bonchev–Trinajstić information content (AvgIpc) is 2.48. The lowest BCUT2D eigenvalue weighted by molar-refractivity contribution is -0.142. The van der Waals surface area contributed by atoms with Gasteiger partial charge in [0.1, 0.15) is 5.75 Å². The van der Waals surface area contributed by atoms with Crippen LogP contribution in [0.2, 0.25) is 0 Å². The lowest BCUT2D eigenvalue weighted by Gasteiger charge is -2.29. The van der Waals surface area contributed by atoms with Crippen LogP contribution in [0.4, 0.5) is 0 Å². The van der Waals surface area contributed by atoms with Gasteiger partial charge in [0.2, 0.25) is 10.0 Å². The summed E-state index contributed by atoms with van der Waals surface area (Å²) in [6, 6.07) is 6.19. The first kappa shape index (κ1) is 15.8. The maximum Gasteiger partial charge on any atom is 0.307 e. The topological polar surface area (TPSA) is 83.9 Å². The summed E-state index contributed by atoms with van der Waals surface area (Å²) in [5.41, 5.74) is 0. The van der Waals surface area contributed by atoms with Crippen molar-refractivity contribution in [1.82, 2.24) is 4.31 Å². The molecule has 2 rings (SSSR count). The second-order valence-corrected chi connectivity index (χ2v) is 6.88. The fourth-order valence-corrected chi connectivity index (χ4v) is 3.91. The number of hydrogen-bond acceptors (Lipinski definition) is 4. The lowest BCUT2D eigenvalue weighted by atomic mass is 10.0. The monoisotopic (exact) mass is 313 g/mol. The molecule has 0 aromatic heterocycles. The first-order chi connectivity index (χ1) is 9.95. The first-order valence-corrected chi connectivity index (χ1v) is 8.35. The second-order valence-electron chi connectivity index (χ2n) is 4.94. The van der Waals surface area contributed by atoms with Crippen LogP contribution in [0.15, 0.2) is 29.2 Å². The van der Waals surface area contributed by atoms with Gasteiger partial charge in [-0.2, -0.15) is 4.31 Å². The predicted molar refractivity (Wildman–Crippen MR) is 76.7 cm³/mol. The van der Waals surface area contributed by atoms with Crippen LogP contribution in [-0.2, 0) is 14.8 Å². The number of nitrogens with zero attached hydrogens (tertiary/aromatic N) is 1. The van der Waals surface area contributed by atoms with E-state index in [0.717, 1.165) is 0 Å². The third-order valence-corrected chi connectivity index (χ3v) is 5.39. The Labute approximate surface area is 124 Å². The molecule has 1 atom stereocenters. The van der Waals surface area contributed by atoms with E-state index in [0.29, 0.717) is 31.7 Å². The molecule has 1 N–H and O–H groups in total. The number of carboxylic acids is 1. The Hall–Kier alpha value is -1.60. The van der Waals surface area contributed by atoms with E-state index < -0.39 is 21.9 Å². The van der Waals surface area contributed by atoms with Gasteiger partial charge in [-0.05, 0) is 44.0 Å². The summed E-state index contributed by atoms with van der Waals surface area (Å²) in [5.74, 6) is -0.962. The van der Waals surface area contributed by atoms with Crippen LogP contribution in [-0.4, -0.2) is 43.5 Å². The Morgan fingerprint density at radius 3 is 2.62 bits per heavy atom. The molecule has 0 unspecified atom stereocenters. The zero-order chi connectivity index (χ0) is 15.5. The van der Waals surface area contributed by atoms with Crippen LogP contribution in [0.5, 0.6) is 5.75 Å². The minimum absolute atomic E-state index is 0.0326. The highest BCUT2D eigenvalue weighted by Crippen LogP contribution is 2.25. The van der Waals surface area contributed by atoms with Gasteiger partial charge in [0.25, 0.3) is 0 Å². The third-order valence-electron chi connectivity index (χ3n) is 3.51. The summed E-state index contributed by atoms with van der Waals surface area (Å²) in [4.78, 5) is 11.2. The van der Waals surface area contributed by atoms with E-state index >= 15 is 0 Å². The number of carbonyl (C=O) groups is 1. The van der Waals surface area contributed by atoms with Crippen LogP contribution >= 0.6 is 0 Å². The SMILES string of the molecule is CCOc1ccc(S(=O)(=O)N2CCC[C@H](C(=O)O)C2)cc1. The number of rotatable bonds is 5. The number of benzene rings is 1. The molecule has 1 aliphatic rings. The van der Waals surface area contributed by atoms with E-state index in [2.05, 4.69) is 0 Å². The van der Waals surface area contributed by atoms with Gasteiger partial charge in [-0.3, -0.25) is 4.79 Å². The molecule has 6 nitrogen and oxygen atoms in total. The van der Waals surface area contributed by atoms with Gasteiger partial charge >= 0.3 is 5.97 Å². The first-order valence-electron chi connectivity index (χ1n) is 6.91. The van der Waals surface area contributed by atoms with Gasteiger partial charge in [0.05, 0.1) is 17.4 Å². The Balaban J connectivity index is 2.18. The Kier molecular flexibility index (Phi) is 4.84. The zero-order valence-corrected chi connectivity index (χ0v) is 12.7. The van der Waals surface area contributed by atoms with Crippen molar-refractivity contribution in [2.75, 3.05) is 19.7 Å². The van der Waals surface area contributed by atoms with Crippen molar-refractivity contribution in [2.45, 2.75) is 24.7 Å². The number of sulfonamides is 1. The van der Waals surface area contributed by atoms with Gasteiger partial charge < -0.3 is 9.84 Å². The van der Waals surface area contributed by atoms with Crippen molar-refractivity contribution in [3.05, 3.63) is 24.3 Å². The summed E-state index contributed by atoms with van der Waals surface area (Å²) in [6.45, 7) is 2.76. The van der Waals surface area contributed by atoms with Crippen LogP contribution in [0.25, 0.3) is 0 Å². The third kappa shape index (κ3) is 3.54. The van der Waals surface area contributed by atoms with Crippen molar-refractivity contribution in [1.29, 1.82) is 0 Å². The molecule has 0 amide bonds. The van der Waals surface area contributed by atoms with E-state index in [4.69, 9.17) is 9.84 Å². The zero-order valence-electron chi connectivity index (χ0n) is 11.9. The highest BCUT2D eigenvalue weighted by molar-refractivity contribution is 7.89. The van der Waals surface area contributed by atoms with E-state index in [1.807, 2.05) is 6.92 Å². The molecule has 7 heteroatoms. The molecular formula is C14H19NO5S. The highest BCUT2D eigenvalue weighted by Gasteiger charge is 2.33. The summed E-state index contributed by atoms with van der Waals surface area (Å²) in [6.07, 6.45) is 1.08. The summed E-state index contributed by atoms with van der Waals surface area (Å²) in [7, 11) is -3.65. The van der Waals surface area contributed by atoms with Crippen LogP contribution < -0.4 is 4.74 Å². The summed E-state index contributed by atoms with van der Waals surface area (Å²) >= 11 is 0. The molecule has 1 fully saturated rings. The predicted octanol–water partition coefficient (Wildman–Crippen LogP) is 1.57. The van der Waals surface area contributed by atoms with E-state index in [1.54, 1.807) is 12.1 Å². The molecule has 0 spiro atoms. The maximum absolute atomic E-state index is 12.5. The lowest BCUT2D eigenvalue weighted by Crippen LogP contribution is -2.42. The van der Waals surface area contributed by atoms with Crippen LogP contribution in [0.3, 0.4) is 0 Å². The molecule has 1 aromatic carbocycles. The van der Waals surface area contributed by atoms with Crippen LogP contribution in [0, 0.1) is 5.92 Å². The molecule has 1 aromatic rings. The summed E-state index contributed by atoms with van der Waals surface area (Å²) < 4.78 is 31.6. The Morgan fingerprint density at radius 2 is 2.05 bits per heavy atom. The number of hydrogen-bond donors (Lipinski definition) is 1. The second kappa shape index (κ2) is 6.44. The normalized spacial score (nSPS) is 20.1. The number of ether oxygens (including phenoxy) is 1. The van der Waals surface area contributed by atoms with Crippen molar-refractivity contribution in [3.63, 3.8) is 0 Å². The highest BCUT2D eigenvalue weighted by atomic mass is 32.2. The Morgan fingerprint density at radius 1 is 1.38 bits per heavy atom. The van der Waals surface area contributed by atoms with Gasteiger partial charge in [-0.15, -0.1) is 0 Å². The van der Waals surface area contributed by atoms with Crippen LogP contribution in [0.1, 0.15) is 19.8 Å².